The molecule has 6 heteroatoms. The van der Waals surface area contributed by atoms with E-state index < -0.39 is 6.04 Å². The van der Waals surface area contributed by atoms with Gasteiger partial charge >= 0.3 is 0 Å². The van der Waals surface area contributed by atoms with Crippen molar-refractivity contribution in [3.05, 3.63) is 65.7 Å². The van der Waals surface area contributed by atoms with E-state index >= 15 is 0 Å². The monoisotopic (exact) mass is 423 g/mol. The van der Waals surface area contributed by atoms with Crippen LogP contribution >= 0.6 is 24.8 Å². The summed E-state index contributed by atoms with van der Waals surface area (Å²) in [5, 5.41) is 2.93. The van der Waals surface area contributed by atoms with Crippen LogP contribution in [0.1, 0.15) is 36.8 Å². The smallest absolute Gasteiger partial charge is 0.241 e. The van der Waals surface area contributed by atoms with Crippen LogP contribution in [0.4, 0.5) is 5.69 Å². The molecule has 1 aliphatic heterocycles. The lowest BCUT2D eigenvalue weighted by molar-refractivity contribution is -0.117. The van der Waals surface area contributed by atoms with E-state index in [1.165, 1.54) is 44.3 Å². The Morgan fingerprint density at radius 2 is 1.50 bits per heavy atom. The van der Waals surface area contributed by atoms with Crippen LogP contribution in [0.5, 0.6) is 0 Å². The van der Waals surface area contributed by atoms with Crippen LogP contribution in [0.25, 0.3) is 0 Å². The van der Waals surface area contributed by atoms with Gasteiger partial charge in [-0.1, -0.05) is 55.3 Å². The Bertz CT molecular complexity index is 687. The summed E-state index contributed by atoms with van der Waals surface area (Å²) >= 11 is 0. The first-order valence-electron chi connectivity index (χ1n) is 9.62. The van der Waals surface area contributed by atoms with Crippen molar-refractivity contribution in [3.8, 4) is 0 Å². The van der Waals surface area contributed by atoms with Crippen molar-refractivity contribution >= 4 is 36.4 Å². The van der Waals surface area contributed by atoms with Gasteiger partial charge in [-0.05, 0) is 55.6 Å². The third kappa shape index (κ3) is 7.80. The SMILES string of the molecule is Cl.Cl.NC(Cc1ccccc1)C(=O)Nc1ccc(CN2CCCCCC2)cc1. The van der Waals surface area contributed by atoms with E-state index in [1.54, 1.807) is 0 Å². The molecule has 1 heterocycles. The van der Waals surface area contributed by atoms with E-state index in [2.05, 4.69) is 22.3 Å². The zero-order valence-electron chi connectivity index (χ0n) is 16.2. The normalized spacial score (nSPS) is 15.5. The quantitative estimate of drug-likeness (QED) is 0.722. The first-order chi connectivity index (χ1) is 12.7. The van der Waals surface area contributed by atoms with Gasteiger partial charge in [-0.3, -0.25) is 9.69 Å². The lowest BCUT2D eigenvalue weighted by Crippen LogP contribution is -2.37. The molecule has 0 aromatic heterocycles. The van der Waals surface area contributed by atoms with Gasteiger partial charge in [-0.15, -0.1) is 24.8 Å². The van der Waals surface area contributed by atoms with E-state index in [0.717, 1.165) is 17.8 Å². The molecule has 1 aliphatic rings. The predicted octanol–water partition coefficient (Wildman–Crippen LogP) is 4.41. The standard InChI is InChI=1S/C22H29N3O.2ClH/c23-21(16-18-8-4-3-5-9-18)22(26)24-20-12-10-19(11-13-20)17-25-14-6-1-2-7-15-25;;/h3-5,8-13,21H,1-2,6-7,14-17,23H2,(H,24,26);2*1H. The minimum Gasteiger partial charge on any atom is -0.325 e. The van der Waals surface area contributed by atoms with E-state index in [4.69, 9.17) is 5.73 Å². The molecule has 4 nitrogen and oxygen atoms in total. The van der Waals surface area contributed by atoms with Gasteiger partial charge in [0.25, 0.3) is 0 Å². The predicted molar refractivity (Wildman–Crippen MR) is 121 cm³/mol. The second-order valence-corrected chi connectivity index (χ2v) is 7.17. The lowest BCUT2D eigenvalue weighted by atomic mass is 10.1. The molecule has 1 unspecified atom stereocenters. The molecule has 28 heavy (non-hydrogen) atoms. The van der Waals surface area contributed by atoms with Crippen LogP contribution in [-0.4, -0.2) is 29.9 Å². The van der Waals surface area contributed by atoms with E-state index in [-0.39, 0.29) is 30.7 Å². The summed E-state index contributed by atoms with van der Waals surface area (Å²) in [6.07, 6.45) is 5.84. The first-order valence-corrected chi connectivity index (χ1v) is 9.62. The second-order valence-electron chi connectivity index (χ2n) is 7.17. The Morgan fingerprint density at radius 1 is 0.893 bits per heavy atom. The number of carbonyl (C=O) groups excluding carboxylic acids is 1. The highest BCUT2D eigenvalue weighted by molar-refractivity contribution is 5.94. The molecule has 2 aromatic rings. The van der Waals surface area contributed by atoms with Gasteiger partial charge in [0.15, 0.2) is 0 Å². The number of rotatable bonds is 6. The number of nitrogens with one attached hydrogen (secondary N) is 1. The van der Waals surface area contributed by atoms with Gasteiger partial charge in [-0.25, -0.2) is 0 Å². The van der Waals surface area contributed by atoms with Crippen LogP contribution < -0.4 is 11.1 Å². The number of likely N-dealkylation sites (tertiary alicyclic amines) is 1. The second kappa shape index (κ2) is 12.8. The van der Waals surface area contributed by atoms with Gasteiger partial charge in [-0.2, -0.15) is 0 Å². The summed E-state index contributed by atoms with van der Waals surface area (Å²) in [5.41, 5.74) is 9.21. The van der Waals surface area contributed by atoms with E-state index in [0.29, 0.717) is 6.42 Å². The number of halogens is 2. The Morgan fingerprint density at radius 3 is 2.11 bits per heavy atom. The first kappa shape index (κ1) is 24.4. The van der Waals surface area contributed by atoms with Crippen LogP contribution in [-0.2, 0) is 17.8 Å². The van der Waals surface area contributed by atoms with Crippen molar-refractivity contribution in [3.63, 3.8) is 0 Å². The van der Waals surface area contributed by atoms with Gasteiger partial charge in [0.05, 0.1) is 6.04 Å². The van der Waals surface area contributed by atoms with Crippen molar-refractivity contribution in [2.24, 2.45) is 5.73 Å². The molecule has 0 radical (unpaired) electrons. The number of hydrogen-bond donors (Lipinski definition) is 2. The summed E-state index contributed by atoms with van der Waals surface area (Å²) in [6, 6.07) is 17.5. The molecule has 3 rings (SSSR count). The molecule has 1 amide bonds. The maximum absolute atomic E-state index is 12.3. The molecule has 0 spiro atoms. The Balaban J connectivity index is 0.00000196. The molecule has 1 atom stereocenters. The van der Waals surface area contributed by atoms with Crippen molar-refractivity contribution in [1.82, 2.24) is 4.90 Å². The third-order valence-electron chi connectivity index (χ3n) is 4.96. The fourth-order valence-corrected chi connectivity index (χ4v) is 3.44. The summed E-state index contributed by atoms with van der Waals surface area (Å²) in [6.45, 7) is 3.36. The molecule has 154 valence electrons. The molecule has 1 fully saturated rings. The van der Waals surface area contributed by atoms with Crippen molar-refractivity contribution in [1.29, 1.82) is 0 Å². The molecule has 0 saturated carbocycles. The number of benzene rings is 2. The van der Waals surface area contributed by atoms with E-state index in [1.807, 2.05) is 42.5 Å². The molecule has 3 N–H and O–H groups in total. The van der Waals surface area contributed by atoms with Crippen LogP contribution in [0.15, 0.2) is 54.6 Å². The minimum atomic E-state index is -0.547. The minimum absolute atomic E-state index is 0. The molecule has 2 aromatic carbocycles. The van der Waals surface area contributed by atoms with Crippen LogP contribution in [0, 0.1) is 0 Å². The summed E-state index contributed by atoms with van der Waals surface area (Å²) in [5.74, 6) is -0.144. The van der Waals surface area contributed by atoms with Gasteiger partial charge < -0.3 is 11.1 Å². The summed E-state index contributed by atoms with van der Waals surface area (Å²) in [4.78, 5) is 14.8. The number of carbonyl (C=O) groups is 1. The zero-order valence-corrected chi connectivity index (χ0v) is 17.8. The average Bonchev–Trinajstić information content (AvgIpc) is 2.93. The molecular formula is C22H31Cl2N3O. The Labute approximate surface area is 180 Å². The van der Waals surface area contributed by atoms with Gasteiger partial charge in [0.1, 0.15) is 0 Å². The number of nitrogens with two attached hydrogens (primary N) is 1. The van der Waals surface area contributed by atoms with Crippen LogP contribution in [0.3, 0.4) is 0 Å². The number of anilines is 1. The topological polar surface area (TPSA) is 58.4 Å². The maximum atomic E-state index is 12.3. The lowest BCUT2D eigenvalue weighted by Gasteiger charge is -2.20. The highest BCUT2D eigenvalue weighted by Crippen LogP contribution is 2.15. The zero-order chi connectivity index (χ0) is 18.2. The number of amides is 1. The van der Waals surface area contributed by atoms with Crippen molar-refractivity contribution in [2.75, 3.05) is 18.4 Å². The maximum Gasteiger partial charge on any atom is 0.241 e. The highest BCUT2D eigenvalue weighted by atomic mass is 35.5. The summed E-state index contributed by atoms with van der Waals surface area (Å²) < 4.78 is 0. The van der Waals surface area contributed by atoms with E-state index in [9.17, 15) is 4.79 Å². The van der Waals surface area contributed by atoms with Gasteiger partial charge in [0.2, 0.25) is 5.91 Å². The Hall–Kier alpha value is -1.59. The van der Waals surface area contributed by atoms with Crippen LogP contribution in [0.2, 0.25) is 0 Å². The Kier molecular flexibility index (Phi) is 11.2. The largest absolute Gasteiger partial charge is 0.325 e. The fraction of sp³-hybridized carbons (Fsp3) is 0.409. The molecule has 1 saturated heterocycles. The molecule has 0 aliphatic carbocycles. The molecule has 0 bridgehead atoms. The van der Waals surface area contributed by atoms with Crippen molar-refractivity contribution < 1.29 is 4.79 Å². The van der Waals surface area contributed by atoms with Crippen molar-refractivity contribution in [2.45, 2.75) is 44.7 Å². The average molecular weight is 424 g/mol. The number of hydrogen-bond acceptors (Lipinski definition) is 3. The third-order valence-corrected chi connectivity index (χ3v) is 4.96. The fourth-order valence-electron chi connectivity index (χ4n) is 3.44. The highest BCUT2D eigenvalue weighted by Gasteiger charge is 2.14. The summed E-state index contributed by atoms with van der Waals surface area (Å²) in [7, 11) is 0. The molecular weight excluding hydrogens is 393 g/mol. The van der Waals surface area contributed by atoms with Gasteiger partial charge in [0, 0.05) is 12.2 Å². The number of nitrogens with zero attached hydrogens (tertiary/aromatic N) is 1.